The molecule has 3 rings (SSSR count). The molecule has 1 fully saturated rings. The van der Waals surface area contributed by atoms with Crippen LogP contribution < -0.4 is 5.32 Å². The molecule has 5 heteroatoms. The van der Waals surface area contributed by atoms with Gasteiger partial charge in [-0.1, -0.05) is 12.8 Å². The minimum absolute atomic E-state index is 0.158. The Morgan fingerprint density at radius 3 is 2.67 bits per heavy atom. The van der Waals surface area contributed by atoms with Gasteiger partial charge in [0.25, 0.3) is 0 Å². The molecule has 0 saturated heterocycles. The van der Waals surface area contributed by atoms with Crippen LogP contribution in [0.2, 0.25) is 0 Å². The summed E-state index contributed by atoms with van der Waals surface area (Å²) in [7, 11) is -3.32. The molecule has 1 aliphatic carbocycles. The summed E-state index contributed by atoms with van der Waals surface area (Å²) in [6.07, 6.45) is 4.05. The molecule has 1 aromatic rings. The highest BCUT2D eigenvalue weighted by atomic mass is 32.2. The first-order valence-electron chi connectivity index (χ1n) is 6.27. The third-order valence-corrected chi connectivity index (χ3v) is 6.11. The molecule has 1 spiro atoms. The molecular formula is C13H16FNO2S. The van der Waals surface area contributed by atoms with Crippen molar-refractivity contribution >= 4 is 15.5 Å². The standard InChI is InChI=1S/C13H16FNO2S/c14-10-3-4-12-11(7-10)15-8-13(5-1-2-6-13)9-18(12,16)17/h3-4,7,15H,1-2,5-6,8-9H2. The molecule has 0 amide bonds. The Hall–Kier alpha value is -1.10. The smallest absolute Gasteiger partial charge is 0.181 e. The summed E-state index contributed by atoms with van der Waals surface area (Å²) < 4.78 is 38.0. The monoisotopic (exact) mass is 269 g/mol. The molecule has 98 valence electrons. The zero-order valence-electron chi connectivity index (χ0n) is 10.1. The Balaban J connectivity index is 2.08. The average Bonchev–Trinajstić information content (AvgIpc) is 2.70. The van der Waals surface area contributed by atoms with Crippen LogP contribution in [0.25, 0.3) is 0 Å². The fourth-order valence-electron chi connectivity index (χ4n) is 3.17. The van der Waals surface area contributed by atoms with Crippen LogP contribution in [-0.4, -0.2) is 20.7 Å². The molecule has 1 aliphatic heterocycles. The molecule has 0 radical (unpaired) electrons. The molecule has 0 atom stereocenters. The minimum Gasteiger partial charge on any atom is -0.383 e. The van der Waals surface area contributed by atoms with E-state index >= 15 is 0 Å². The van der Waals surface area contributed by atoms with Gasteiger partial charge in [0, 0.05) is 12.0 Å². The molecule has 1 N–H and O–H groups in total. The van der Waals surface area contributed by atoms with Gasteiger partial charge >= 0.3 is 0 Å². The van der Waals surface area contributed by atoms with Crippen molar-refractivity contribution in [2.75, 3.05) is 17.6 Å². The van der Waals surface area contributed by atoms with Crippen molar-refractivity contribution in [1.29, 1.82) is 0 Å². The van der Waals surface area contributed by atoms with Crippen molar-refractivity contribution in [2.24, 2.45) is 5.41 Å². The van der Waals surface area contributed by atoms with E-state index in [9.17, 15) is 12.8 Å². The van der Waals surface area contributed by atoms with Gasteiger partial charge in [0.05, 0.1) is 16.3 Å². The molecule has 18 heavy (non-hydrogen) atoms. The molecule has 0 bridgehead atoms. The number of halogens is 1. The molecular weight excluding hydrogens is 253 g/mol. The first-order chi connectivity index (χ1) is 8.51. The average molecular weight is 269 g/mol. The zero-order chi connectivity index (χ0) is 12.8. The predicted molar refractivity (Wildman–Crippen MR) is 67.8 cm³/mol. The van der Waals surface area contributed by atoms with Crippen LogP contribution in [0, 0.1) is 11.2 Å². The van der Waals surface area contributed by atoms with Crippen molar-refractivity contribution in [3.63, 3.8) is 0 Å². The maximum atomic E-state index is 13.2. The largest absolute Gasteiger partial charge is 0.383 e. The summed E-state index contributed by atoms with van der Waals surface area (Å²) >= 11 is 0. The number of hydrogen-bond acceptors (Lipinski definition) is 3. The fourth-order valence-corrected chi connectivity index (χ4v) is 5.27. The first kappa shape index (κ1) is 12.0. The lowest BCUT2D eigenvalue weighted by molar-refractivity contribution is 0.365. The Morgan fingerprint density at radius 2 is 1.94 bits per heavy atom. The molecule has 0 unspecified atom stereocenters. The van der Waals surface area contributed by atoms with Gasteiger partial charge in [0.1, 0.15) is 5.82 Å². The number of sulfone groups is 1. The van der Waals surface area contributed by atoms with Crippen LogP contribution in [0.3, 0.4) is 0 Å². The lowest BCUT2D eigenvalue weighted by atomic mass is 9.88. The van der Waals surface area contributed by atoms with E-state index in [0.29, 0.717) is 12.2 Å². The van der Waals surface area contributed by atoms with Crippen molar-refractivity contribution in [2.45, 2.75) is 30.6 Å². The van der Waals surface area contributed by atoms with Gasteiger partial charge < -0.3 is 5.32 Å². The van der Waals surface area contributed by atoms with Crippen LogP contribution >= 0.6 is 0 Å². The zero-order valence-corrected chi connectivity index (χ0v) is 10.9. The van der Waals surface area contributed by atoms with Gasteiger partial charge in [0.2, 0.25) is 0 Å². The van der Waals surface area contributed by atoms with Crippen LogP contribution in [0.1, 0.15) is 25.7 Å². The molecule has 1 heterocycles. The van der Waals surface area contributed by atoms with E-state index in [-0.39, 0.29) is 16.1 Å². The van der Waals surface area contributed by atoms with E-state index in [2.05, 4.69) is 5.32 Å². The summed E-state index contributed by atoms with van der Waals surface area (Å²) in [5.74, 6) is -0.218. The Morgan fingerprint density at radius 1 is 1.22 bits per heavy atom. The number of rotatable bonds is 0. The normalized spacial score (nSPS) is 24.3. The topological polar surface area (TPSA) is 46.2 Å². The van der Waals surface area contributed by atoms with Crippen molar-refractivity contribution in [3.05, 3.63) is 24.0 Å². The highest BCUT2D eigenvalue weighted by Crippen LogP contribution is 2.43. The van der Waals surface area contributed by atoms with Gasteiger partial charge in [-0.15, -0.1) is 0 Å². The first-order valence-corrected chi connectivity index (χ1v) is 7.92. The summed E-state index contributed by atoms with van der Waals surface area (Å²) in [6.45, 7) is 0.628. The van der Waals surface area contributed by atoms with Crippen LogP contribution in [0.5, 0.6) is 0 Å². The van der Waals surface area contributed by atoms with Crippen LogP contribution in [0.15, 0.2) is 23.1 Å². The number of hydrogen-bond donors (Lipinski definition) is 1. The van der Waals surface area contributed by atoms with Crippen molar-refractivity contribution in [1.82, 2.24) is 0 Å². The highest BCUT2D eigenvalue weighted by Gasteiger charge is 2.41. The van der Waals surface area contributed by atoms with Gasteiger partial charge in [0.15, 0.2) is 9.84 Å². The van der Waals surface area contributed by atoms with Crippen LogP contribution in [-0.2, 0) is 9.84 Å². The Kier molecular flexibility index (Phi) is 2.62. The Labute approximate surface area is 106 Å². The summed E-state index contributed by atoms with van der Waals surface area (Å²) in [5.41, 5.74) is 0.257. The molecule has 0 aromatic heterocycles. The van der Waals surface area contributed by atoms with Gasteiger partial charge in [-0.2, -0.15) is 0 Å². The van der Waals surface area contributed by atoms with Crippen molar-refractivity contribution in [3.8, 4) is 0 Å². The predicted octanol–water partition coefficient (Wildman–Crippen LogP) is 2.59. The van der Waals surface area contributed by atoms with E-state index in [0.717, 1.165) is 25.7 Å². The SMILES string of the molecule is O=S1(=O)CC2(CCCC2)CNc2cc(F)ccc21. The third-order valence-electron chi connectivity index (χ3n) is 4.09. The molecule has 2 aliphatic rings. The number of fused-ring (bicyclic) bond motifs is 1. The van der Waals surface area contributed by atoms with Crippen molar-refractivity contribution < 1.29 is 12.8 Å². The van der Waals surface area contributed by atoms with Gasteiger partial charge in [-0.05, 0) is 31.0 Å². The summed E-state index contributed by atoms with van der Waals surface area (Å²) in [6, 6.07) is 3.87. The second-order valence-electron chi connectivity index (χ2n) is 5.46. The fraction of sp³-hybridized carbons (Fsp3) is 0.538. The van der Waals surface area contributed by atoms with Crippen LogP contribution in [0.4, 0.5) is 10.1 Å². The quantitative estimate of drug-likeness (QED) is 0.736. The van der Waals surface area contributed by atoms with E-state index in [1.54, 1.807) is 0 Å². The second kappa shape index (κ2) is 3.95. The van der Waals surface area contributed by atoms with E-state index < -0.39 is 15.7 Å². The number of anilines is 1. The van der Waals surface area contributed by atoms with E-state index in [1.165, 1.54) is 18.2 Å². The lowest BCUT2D eigenvalue weighted by Crippen LogP contribution is -2.31. The minimum atomic E-state index is -3.32. The summed E-state index contributed by atoms with van der Waals surface area (Å²) in [5, 5.41) is 3.14. The number of benzene rings is 1. The highest BCUT2D eigenvalue weighted by molar-refractivity contribution is 7.91. The Bertz CT molecular complexity index is 577. The third kappa shape index (κ3) is 1.90. The lowest BCUT2D eigenvalue weighted by Gasteiger charge is -2.26. The van der Waals surface area contributed by atoms with Gasteiger partial charge in [-0.3, -0.25) is 0 Å². The molecule has 3 nitrogen and oxygen atoms in total. The van der Waals surface area contributed by atoms with E-state index in [1.807, 2.05) is 0 Å². The number of nitrogens with one attached hydrogen (secondary N) is 1. The maximum Gasteiger partial charge on any atom is 0.181 e. The van der Waals surface area contributed by atoms with Gasteiger partial charge in [-0.25, -0.2) is 12.8 Å². The maximum absolute atomic E-state index is 13.2. The molecule has 1 aromatic carbocycles. The molecule has 1 saturated carbocycles. The second-order valence-corrected chi connectivity index (χ2v) is 7.42. The summed E-state index contributed by atoms with van der Waals surface area (Å²) in [4.78, 5) is 0.243. The van der Waals surface area contributed by atoms with E-state index in [4.69, 9.17) is 0 Å².